The van der Waals surface area contributed by atoms with Gasteiger partial charge < -0.3 is 9.84 Å². The Labute approximate surface area is 220 Å². The molecule has 190 valence electrons. The van der Waals surface area contributed by atoms with Crippen LogP contribution in [0.5, 0.6) is 5.88 Å². The van der Waals surface area contributed by atoms with E-state index in [2.05, 4.69) is 4.98 Å². The monoisotopic (exact) mass is 515 g/mol. The maximum absolute atomic E-state index is 13.3. The first-order valence-corrected chi connectivity index (χ1v) is 12.9. The number of amides is 1. The molecule has 4 aromatic rings. The topological polar surface area (TPSA) is 92.6 Å². The Morgan fingerprint density at radius 3 is 2.35 bits per heavy atom. The number of hydrogen-bond acceptors (Lipinski definition) is 6. The molecule has 37 heavy (non-hydrogen) atoms. The number of thiazole rings is 1. The number of carboxylic acids is 1. The molecule has 4 rings (SSSR count). The summed E-state index contributed by atoms with van der Waals surface area (Å²) in [5.41, 5.74) is 4.45. The fourth-order valence-electron chi connectivity index (χ4n) is 4.08. The molecule has 8 heteroatoms. The standard InChI is InChI=1S/C29H29N3O4S/c1-19(2)36-26-14-13-21(17-30-26)23-11-7-8-12-24(23)25-18-37-29(31-25)32(3)28(35)22(16-27(33)34)15-20-9-5-4-6-10-20/h4-14,17-19,22H,15-16H2,1-3H3,(H,33,34). The zero-order chi connectivity index (χ0) is 26.4. The first-order valence-electron chi connectivity index (χ1n) is 12.0. The van der Waals surface area contributed by atoms with E-state index in [1.165, 1.54) is 16.2 Å². The molecule has 0 bridgehead atoms. The largest absolute Gasteiger partial charge is 0.481 e. The second-order valence-corrected chi connectivity index (χ2v) is 9.83. The minimum Gasteiger partial charge on any atom is -0.481 e. The number of nitrogens with zero attached hydrogens (tertiary/aromatic N) is 3. The number of carbonyl (C=O) groups is 2. The zero-order valence-corrected chi connectivity index (χ0v) is 21.8. The van der Waals surface area contributed by atoms with Crippen molar-refractivity contribution < 1.29 is 19.4 Å². The van der Waals surface area contributed by atoms with Gasteiger partial charge in [-0.1, -0.05) is 54.6 Å². The molecule has 0 aliphatic carbocycles. The highest BCUT2D eigenvalue weighted by atomic mass is 32.1. The summed E-state index contributed by atoms with van der Waals surface area (Å²) >= 11 is 1.35. The Bertz CT molecular complexity index is 1350. The lowest BCUT2D eigenvalue weighted by atomic mass is 9.95. The second kappa shape index (κ2) is 11.8. The Kier molecular flexibility index (Phi) is 8.30. The molecule has 0 radical (unpaired) electrons. The van der Waals surface area contributed by atoms with E-state index >= 15 is 0 Å². The van der Waals surface area contributed by atoms with E-state index in [-0.39, 0.29) is 18.4 Å². The van der Waals surface area contributed by atoms with Gasteiger partial charge in [0, 0.05) is 35.8 Å². The fourth-order valence-corrected chi connectivity index (χ4v) is 4.87. The number of rotatable bonds is 10. The van der Waals surface area contributed by atoms with Crippen molar-refractivity contribution in [1.82, 2.24) is 9.97 Å². The Hall–Kier alpha value is -4.04. The molecule has 0 spiro atoms. The van der Waals surface area contributed by atoms with Crippen molar-refractivity contribution in [2.75, 3.05) is 11.9 Å². The molecule has 0 aliphatic heterocycles. The molecule has 1 unspecified atom stereocenters. The SMILES string of the molecule is CC(C)Oc1ccc(-c2ccccc2-c2csc(N(C)C(=O)C(CC(=O)O)Cc3ccccc3)n2)cn1. The summed E-state index contributed by atoms with van der Waals surface area (Å²) in [7, 11) is 1.65. The van der Waals surface area contributed by atoms with E-state index in [4.69, 9.17) is 9.72 Å². The molecular weight excluding hydrogens is 486 g/mol. The predicted molar refractivity (Wildman–Crippen MR) is 146 cm³/mol. The number of anilines is 1. The van der Waals surface area contributed by atoms with Crippen molar-refractivity contribution in [3.8, 4) is 28.3 Å². The Balaban J connectivity index is 1.57. The molecule has 0 aliphatic rings. The van der Waals surface area contributed by atoms with Crippen molar-refractivity contribution in [1.29, 1.82) is 0 Å². The summed E-state index contributed by atoms with van der Waals surface area (Å²) in [6.07, 6.45) is 1.92. The van der Waals surface area contributed by atoms with Gasteiger partial charge >= 0.3 is 5.97 Å². The van der Waals surface area contributed by atoms with Crippen molar-refractivity contribution >= 4 is 28.3 Å². The molecule has 1 amide bonds. The maximum atomic E-state index is 13.3. The Morgan fingerprint density at radius 2 is 1.70 bits per heavy atom. The van der Waals surface area contributed by atoms with Gasteiger partial charge in [-0.25, -0.2) is 9.97 Å². The van der Waals surface area contributed by atoms with Gasteiger partial charge in [0.1, 0.15) is 0 Å². The van der Waals surface area contributed by atoms with E-state index in [0.717, 1.165) is 27.9 Å². The van der Waals surface area contributed by atoms with Gasteiger partial charge in [0.25, 0.3) is 0 Å². The van der Waals surface area contributed by atoms with Crippen molar-refractivity contribution in [3.63, 3.8) is 0 Å². The lowest BCUT2D eigenvalue weighted by Gasteiger charge is -2.21. The zero-order valence-electron chi connectivity index (χ0n) is 21.0. The van der Waals surface area contributed by atoms with Crippen LogP contribution in [0, 0.1) is 5.92 Å². The van der Waals surface area contributed by atoms with Gasteiger partial charge in [-0.3, -0.25) is 14.5 Å². The van der Waals surface area contributed by atoms with Gasteiger partial charge in [0.05, 0.1) is 24.1 Å². The minimum atomic E-state index is -1.00. The van der Waals surface area contributed by atoms with Crippen LogP contribution in [0.3, 0.4) is 0 Å². The molecule has 2 aromatic carbocycles. The summed E-state index contributed by atoms with van der Waals surface area (Å²) in [6, 6.07) is 21.2. The molecule has 1 N–H and O–H groups in total. The average Bonchev–Trinajstić information content (AvgIpc) is 3.38. The quantitative estimate of drug-likeness (QED) is 0.280. The number of pyridine rings is 1. The number of hydrogen-bond donors (Lipinski definition) is 1. The molecule has 7 nitrogen and oxygen atoms in total. The third kappa shape index (κ3) is 6.59. The van der Waals surface area contributed by atoms with Gasteiger partial charge in [0.2, 0.25) is 11.8 Å². The average molecular weight is 516 g/mol. The van der Waals surface area contributed by atoms with Crippen molar-refractivity contribution in [2.45, 2.75) is 32.8 Å². The fraction of sp³-hybridized carbons (Fsp3) is 0.241. The second-order valence-electron chi connectivity index (χ2n) is 8.99. The van der Waals surface area contributed by atoms with Crippen molar-refractivity contribution in [3.05, 3.63) is 83.9 Å². The number of aliphatic carboxylic acids is 1. The molecule has 1 atom stereocenters. The molecule has 2 heterocycles. The van der Waals surface area contributed by atoms with Crippen LogP contribution in [0.4, 0.5) is 5.13 Å². The lowest BCUT2D eigenvalue weighted by molar-refractivity contribution is -0.140. The van der Waals surface area contributed by atoms with E-state index in [0.29, 0.717) is 17.4 Å². The van der Waals surface area contributed by atoms with Gasteiger partial charge in [-0.05, 0) is 37.5 Å². The summed E-state index contributed by atoms with van der Waals surface area (Å²) in [5.74, 6) is -1.40. The molecular formula is C29H29N3O4S. The van der Waals surface area contributed by atoms with Crippen LogP contribution in [0.15, 0.2) is 78.3 Å². The number of carbonyl (C=O) groups excluding carboxylic acids is 1. The maximum Gasteiger partial charge on any atom is 0.304 e. The summed E-state index contributed by atoms with van der Waals surface area (Å²) in [4.78, 5) is 35.5. The van der Waals surface area contributed by atoms with E-state index in [1.54, 1.807) is 13.2 Å². The molecule has 2 aromatic heterocycles. The van der Waals surface area contributed by atoms with Crippen LogP contribution in [0.1, 0.15) is 25.8 Å². The highest BCUT2D eigenvalue weighted by molar-refractivity contribution is 7.14. The third-order valence-electron chi connectivity index (χ3n) is 5.81. The Morgan fingerprint density at radius 1 is 1.00 bits per heavy atom. The van der Waals surface area contributed by atoms with Gasteiger partial charge in [-0.15, -0.1) is 11.3 Å². The van der Waals surface area contributed by atoms with Gasteiger partial charge in [0.15, 0.2) is 5.13 Å². The first kappa shape index (κ1) is 26.0. The van der Waals surface area contributed by atoms with E-state index in [1.807, 2.05) is 86.0 Å². The number of carboxylic acid groups (broad SMARTS) is 1. The lowest BCUT2D eigenvalue weighted by Crippen LogP contribution is -2.35. The van der Waals surface area contributed by atoms with E-state index in [9.17, 15) is 14.7 Å². The summed E-state index contributed by atoms with van der Waals surface area (Å²) < 4.78 is 5.66. The van der Waals surface area contributed by atoms with E-state index < -0.39 is 11.9 Å². The highest BCUT2D eigenvalue weighted by Crippen LogP contribution is 2.35. The normalized spacial score (nSPS) is 11.8. The van der Waals surface area contributed by atoms with Crippen LogP contribution >= 0.6 is 11.3 Å². The van der Waals surface area contributed by atoms with Crippen LogP contribution in [0.2, 0.25) is 0 Å². The van der Waals surface area contributed by atoms with Crippen LogP contribution < -0.4 is 9.64 Å². The first-order chi connectivity index (χ1) is 17.8. The van der Waals surface area contributed by atoms with Gasteiger partial charge in [-0.2, -0.15) is 0 Å². The highest BCUT2D eigenvalue weighted by Gasteiger charge is 2.27. The summed E-state index contributed by atoms with van der Waals surface area (Å²) in [6.45, 7) is 3.91. The van der Waals surface area contributed by atoms with Crippen LogP contribution in [-0.4, -0.2) is 40.1 Å². The molecule has 0 fully saturated rings. The summed E-state index contributed by atoms with van der Waals surface area (Å²) in [5, 5.41) is 11.8. The van der Waals surface area contributed by atoms with Crippen LogP contribution in [0.25, 0.3) is 22.4 Å². The molecule has 0 saturated heterocycles. The minimum absolute atomic E-state index is 0.0431. The van der Waals surface area contributed by atoms with Crippen LogP contribution in [-0.2, 0) is 16.0 Å². The molecule has 0 saturated carbocycles. The number of ether oxygens (including phenoxy) is 1. The predicted octanol–water partition coefficient (Wildman–Crippen LogP) is 5.96. The van der Waals surface area contributed by atoms with Crippen molar-refractivity contribution in [2.24, 2.45) is 5.92 Å². The third-order valence-corrected chi connectivity index (χ3v) is 6.73. The smallest absolute Gasteiger partial charge is 0.304 e. The number of benzene rings is 2. The number of aromatic nitrogens is 2.